The molecule has 0 saturated heterocycles. The highest BCUT2D eigenvalue weighted by atomic mass is 16.2. The van der Waals surface area contributed by atoms with E-state index in [2.05, 4.69) is 48.7 Å². The van der Waals surface area contributed by atoms with Crippen LogP contribution in [0.15, 0.2) is 42.7 Å². The third-order valence-corrected chi connectivity index (χ3v) is 4.87. The average Bonchev–Trinajstić information content (AvgIpc) is 3.11. The van der Waals surface area contributed by atoms with E-state index in [1.807, 2.05) is 18.2 Å². The van der Waals surface area contributed by atoms with E-state index in [1.54, 1.807) is 20.3 Å². The molecule has 1 aliphatic rings. The molecule has 0 radical (unpaired) electrons. The molecule has 1 amide bonds. The highest BCUT2D eigenvalue weighted by molar-refractivity contribution is 5.91. The Balaban J connectivity index is 1.58. The van der Waals surface area contributed by atoms with Crippen LogP contribution in [-0.2, 0) is 13.0 Å². The maximum absolute atomic E-state index is 12.2. The van der Waals surface area contributed by atoms with Crippen molar-refractivity contribution in [2.45, 2.75) is 25.9 Å². The molecule has 0 unspecified atom stereocenters. The van der Waals surface area contributed by atoms with E-state index < -0.39 is 0 Å². The van der Waals surface area contributed by atoms with Crippen LogP contribution in [-0.4, -0.2) is 56.2 Å². The number of nitrogens with zero attached hydrogens (tertiary/aromatic N) is 7. The lowest BCUT2D eigenvalue weighted by Crippen LogP contribution is -2.38. The van der Waals surface area contributed by atoms with Gasteiger partial charge in [0.1, 0.15) is 17.3 Å². The zero-order chi connectivity index (χ0) is 19.7. The van der Waals surface area contributed by atoms with Crippen LogP contribution in [0.25, 0.3) is 0 Å². The summed E-state index contributed by atoms with van der Waals surface area (Å²) in [4.78, 5) is 24.5. The topological polar surface area (TPSA) is 80.0 Å². The summed E-state index contributed by atoms with van der Waals surface area (Å²) in [5, 5.41) is 8.84. The Morgan fingerprint density at radius 3 is 2.71 bits per heavy atom. The summed E-state index contributed by atoms with van der Waals surface area (Å²) in [5.74, 6) is 2.39. The molecule has 0 spiro atoms. The van der Waals surface area contributed by atoms with Gasteiger partial charge in [0.25, 0.3) is 5.91 Å². The van der Waals surface area contributed by atoms with Crippen LogP contribution in [0, 0.1) is 0 Å². The molecule has 0 aliphatic carbocycles. The number of anilines is 1. The molecule has 8 nitrogen and oxygen atoms in total. The molecule has 3 aromatic rings. The van der Waals surface area contributed by atoms with Crippen molar-refractivity contribution in [2.24, 2.45) is 0 Å². The lowest BCUT2D eigenvalue weighted by atomic mass is 10.1. The molecule has 144 valence electrons. The van der Waals surface area contributed by atoms with Crippen molar-refractivity contribution < 1.29 is 4.79 Å². The monoisotopic (exact) mass is 377 g/mol. The first-order valence-corrected chi connectivity index (χ1v) is 9.28. The number of hydrogen-bond acceptors (Lipinski definition) is 6. The number of hydrogen-bond donors (Lipinski definition) is 0. The number of aromatic nitrogens is 5. The van der Waals surface area contributed by atoms with E-state index in [0.717, 1.165) is 24.6 Å². The molecule has 1 atom stereocenters. The lowest BCUT2D eigenvalue weighted by molar-refractivity contribution is 0.0821. The Kier molecular flexibility index (Phi) is 4.77. The minimum absolute atomic E-state index is 0.160. The summed E-state index contributed by atoms with van der Waals surface area (Å²) in [6.45, 7) is 3.48. The Morgan fingerprint density at radius 2 is 1.96 bits per heavy atom. The average molecular weight is 377 g/mol. The summed E-state index contributed by atoms with van der Waals surface area (Å²) < 4.78 is 2.21. The van der Waals surface area contributed by atoms with Gasteiger partial charge in [0.15, 0.2) is 5.82 Å². The second-order valence-electron chi connectivity index (χ2n) is 7.26. The zero-order valence-corrected chi connectivity index (χ0v) is 16.3. The predicted octanol–water partition coefficient (Wildman–Crippen LogP) is 1.94. The Morgan fingerprint density at radius 1 is 1.18 bits per heavy atom. The molecule has 1 aliphatic heterocycles. The highest BCUT2D eigenvalue weighted by Gasteiger charge is 2.28. The van der Waals surface area contributed by atoms with E-state index in [9.17, 15) is 4.79 Å². The van der Waals surface area contributed by atoms with Crippen LogP contribution in [0.1, 0.15) is 40.7 Å². The van der Waals surface area contributed by atoms with Gasteiger partial charge in [-0.05, 0) is 12.5 Å². The number of rotatable bonds is 4. The maximum Gasteiger partial charge on any atom is 0.273 e. The van der Waals surface area contributed by atoms with Gasteiger partial charge in [0, 0.05) is 27.1 Å². The van der Waals surface area contributed by atoms with Gasteiger partial charge in [0.05, 0.1) is 25.0 Å². The lowest BCUT2D eigenvalue weighted by Gasteiger charge is -2.33. The van der Waals surface area contributed by atoms with Gasteiger partial charge in [-0.25, -0.2) is 4.98 Å². The molecule has 8 heteroatoms. The SMILES string of the molecule is C[C@H]1CN(c2cncc(C(=O)N(C)C)n2)Cc2nnc(Cc3ccccc3)n21. The second-order valence-corrected chi connectivity index (χ2v) is 7.26. The fraction of sp³-hybridized carbons (Fsp3) is 0.350. The molecule has 28 heavy (non-hydrogen) atoms. The first-order valence-electron chi connectivity index (χ1n) is 9.28. The van der Waals surface area contributed by atoms with Crippen LogP contribution < -0.4 is 4.90 Å². The molecule has 2 aromatic heterocycles. The van der Waals surface area contributed by atoms with Crippen molar-refractivity contribution >= 4 is 11.7 Å². The van der Waals surface area contributed by atoms with Crippen LogP contribution in [0.5, 0.6) is 0 Å². The normalized spacial score (nSPS) is 16.0. The molecule has 4 rings (SSSR count). The van der Waals surface area contributed by atoms with Crippen molar-refractivity contribution in [3.05, 3.63) is 65.6 Å². The van der Waals surface area contributed by atoms with Gasteiger partial charge < -0.3 is 14.4 Å². The number of benzene rings is 1. The first kappa shape index (κ1) is 18.1. The quantitative estimate of drug-likeness (QED) is 0.691. The van der Waals surface area contributed by atoms with Gasteiger partial charge in [-0.15, -0.1) is 10.2 Å². The van der Waals surface area contributed by atoms with E-state index in [4.69, 9.17) is 0 Å². The van der Waals surface area contributed by atoms with E-state index in [-0.39, 0.29) is 11.9 Å². The van der Waals surface area contributed by atoms with Crippen LogP contribution in [0.3, 0.4) is 0 Å². The third kappa shape index (κ3) is 3.45. The Hall–Kier alpha value is -3.29. The summed E-state index contributed by atoms with van der Waals surface area (Å²) in [6, 6.07) is 10.5. The molecular weight excluding hydrogens is 354 g/mol. The van der Waals surface area contributed by atoms with E-state index in [1.165, 1.54) is 16.7 Å². The summed E-state index contributed by atoms with van der Waals surface area (Å²) in [6.07, 6.45) is 3.94. The minimum Gasteiger partial charge on any atom is -0.346 e. The van der Waals surface area contributed by atoms with Crippen molar-refractivity contribution in [3.63, 3.8) is 0 Å². The van der Waals surface area contributed by atoms with E-state index >= 15 is 0 Å². The van der Waals surface area contributed by atoms with Crippen LogP contribution in [0.2, 0.25) is 0 Å². The zero-order valence-electron chi connectivity index (χ0n) is 16.3. The van der Waals surface area contributed by atoms with Gasteiger partial charge in [-0.1, -0.05) is 30.3 Å². The number of fused-ring (bicyclic) bond motifs is 1. The summed E-state index contributed by atoms with van der Waals surface area (Å²) in [5.41, 5.74) is 1.56. The van der Waals surface area contributed by atoms with Gasteiger partial charge in [-0.3, -0.25) is 9.78 Å². The van der Waals surface area contributed by atoms with Crippen LogP contribution >= 0.6 is 0 Å². The number of carbonyl (C=O) groups is 1. The largest absolute Gasteiger partial charge is 0.346 e. The third-order valence-electron chi connectivity index (χ3n) is 4.87. The standard InChI is InChI=1S/C20H23N7O/c1-14-12-26(18-11-21-10-16(22-18)20(28)25(2)3)13-19-24-23-17(27(14)19)9-15-7-5-4-6-8-15/h4-8,10-11,14H,9,12-13H2,1-3H3/t14-/m0/s1. The highest BCUT2D eigenvalue weighted by Crippen LogP contribution is 2.26. The summed E-state index contributed by atoms with van der Waals surface area (Å²) in [7, 11) is 3.41. The van der Waals surface area contributed by atoms with Crippen molar-refractivity contribution in [3.8, 4) is 0 Å². The molecule has 0 N–H and O–H groups in total. The molecule has 0 bridgehead atoms. The van der Waals surface area contributed by atoms with E-state index in [0.29, 0.717) is 18.1 Å². The molecular formula is C20H23N7O. The maximum atomic E-state index is 12.2. The Labute approximate surface area is 163 Å². The first-order chi connectivity index (χ1) is 13.5. The molecule has 3 heterocycles. The second kappa shape index (κ2) is 7.38. The Bertz CT molecular complexity index is 983. The summed E-state index contributed by atoms with van der Waals surface area (Å²) >= 11 is 0. The van der Waals surface area contributed by atoms with Gasteiger partial charge in [-0.2, -0.15) is 0 Å². The fourth-order valence-electron chi connectivity index (χ4n) is 3.53. The smallest absolute Gasteiger partial charge is 0.273 e. The van der Waals surface area contributed by atoms with Crippen molar-refractivity contribution in [1.29, 1.82) is 0 Å². The molecule has 0 saturated carbocycles. The molecule has 1 aromatic carbocycles. The fourth-order valence-corrected chi connectivity index (χ4v) is 3.53. The minimum atomic E-state index is -0.160. The number of carbonyl (C=O) groups excluding carboxylic acids is 1. The van der Waals surface area contributed by atoms with Gasteiger partial charge in [0.2, 0.25) is 0 Å². The molecule has 0 fully saturated rings. The predicted molar refractivity (Wildman–Crippen MR) is 105 cm³/mol. The van der Waals surface area contributed by atoms with Crippen LogP contribution in [0.4, 0.5) is 5.82 Å². The van der Waals surface area contributed by atoms with Gasteiger partial charge >= 0.3 is 0 Å². The number of amides is 1. The van der Waals surface area contributed by atoms with Crippen molar-refractivity contribution in [2.75, 3.05) is 25.5 Å². The van der Waals surface area contributed by atoms with Crippen molar-refractivity contribution in [1.82, 2.24) is 29.6 Å².